The molecule has 4 rings (SSSR count). The maximum absolute atomic E-state index is 12.8. The zero-order valence-corrected chi connectivity index (χ0v) is 13.0. The Morgan fingerprint density at radius 1 is 0.826 bits per heavy atom. The molecular weight excluding hydrogens is 308 g/mol. The average Bonchev–Trinajstić information content (AvgIpc) is 2.97. The molecule has 3 nitrogen and oxygen atoms in total. The number of hydrogen-bond donors (Lipinski definition) is 0. The number of hydrogen-bond acceptors (Lipinski definition) is 3. The molecule has 0 N–H and O–H groups in total. The first-order chi connectivity index (χ1) is 11.1. The van der Waals surface area contributed by atoms with Gasteiger partial charge in [0.15, 0.2) is 0 Å². The van der Waals surface area contributed by atoms with E-state index in [1.165, 1.54) is 0 Å². The third kappa shape index (κ3) is 2.46. The minimum absolute atomic E-state index is 0.202. The summed E-state index contributed by atoms with van der Waals surface area (Å²) >= 11 is 0. The lowest BCUT2D eigenvalue weighted by molar-refractivity contribution is 0.265. The van der Waals surface area contributed by atoms with E-state index in [1.54, 1.807) is 24.3 Å². The molecule has 0 amide bonds. The molecule has 0 spiro atoms. The molecule has 1 atom stereocenters. The topological polar surface area (TPSA) is 43.4 Å². The zero-order valence-electron chi connectivity index (χ0n) is 12.2. The van der Waals surface area contributed by atoms with E-state index in [1.807, 2.05) is 54.6 Å². The summed E-state index contributed by atoms with van der Waals surface area (Å²) in [4.78, 5) is 0.202. The lowest BCUT2D eigenvalue weighted by Gasteiger charge is -2.14. The molecule has 3 aromatic carbocycles. The fourth-order valence-corrected chi connectivity index (χ4v) is 4.15. The Bertz CT molecular complexity index is 1010. The zero-order chi connectivity index (χ0) is 15.9. The van der Waals surface area contributed by atoms with Crippen molar-refractivity contribution >= 4 is 27.0 Å². The quantitative estimate of drug-likeness (QED) is 0.675. The highest BCUT2D eigenvalue weighted by Gasteiger charge is 2.26. The van der Waals surface area contributed by atoms with E-state index in [4.69, 9.17) is 4.18 Å². The van der Waals surface area contributed by atoms with E-state index >= 15 is 0 Å². The number of benzene rings is 3. The molecule has 0 heterocycles. The van der Waals surface area contributed by atoms with Crippen LogP contribution in [0.2, 0.25) is 0 Å². The van der Waals surface area contributed by atoms with Crippen molar-refractivity contribution in [2.45, 2.75) is 11.0 Å². The summed E-state index contributed by atoms with van der Waals surface area (Å²) < 4.78 is 31.0. The van der Waals surface area contributed by atoms with Crippen molar-refractivity contribution in [2.24, 2.45) is 0 Å². The van der Waals surface area contributed by atoms with Crippen molar-refractivity contribution in [3.8, 4) is 0 Å². The molecule has 23 heavy (non-hydrogen) atoms. The molecule has 0 saturated carbocycles. The van der Waals surface area contributed by atoms with Gasteiger partial charge in [0.2, 0.25) is 0 Å². The van der Waals surface area contributed by atoms with Crippen LogP contribution in [0.3, 0.4) is 0 Å². The highest BCUT2D eigenvalue weighted by atomic mass is 32.2. The predicted octanol–water partition coefficient (Wildman–Crippen LogP) is 4.31. The molecule has 0 saturated heterocycles. The fourth-order valence-electron chi connectivity index (χ4n) is 2.90. The Morgan fingerprint density at radius 2 is 1.57 bits per heavy atom. The van der Waals surface area contributed by atoms with Gasteiger partial charge in [0.25, 0.3) is 10.1 Å². The standard InChI is InChI=1S/C19H14O3S/c20-23(21,19-11-5-8-14-6-2-4-10-17(14)19)22-18-13-12-15-7-1-3-9-16(15)18/h1-13,18H. The Kier molecular flexibility index (Phi) is 3.29. The summed E-state index contributed by atoms with van der Waals surface area (Å²) in [7, 11) is -3.86. The van der Waals surface area contributed by atoms with Gasteiger partial charge in [0, 0.05) is 5.39 Å². The molecule has 0 radical (unpaired) electrons. The molecule has 3 aromatic rings. The maximum Gasteiger partial charge on any atom is 0.298 e. The second kappa shape index (κ2) is 5.33. The summed E-state index contributed by atoms with van der Waals surface area (Å²) in [5.74, 6) is 0. The van der Waals surface area contributed by atoms with Gasteiger partial charge in [-0.1, -0.05) is 66.7 Å². The van der Waals surface area contributed by atoms with Gasteiger partial charge >= 0.3 is 0 Å². The van der Waals surface area contributed by atoms with Crippen molar-refractivity contribution in [3.63, 3.8) is 0 Å². The SMILES string of the molecule is O=S(=O)(OC1C=Cc2ccccc21)c1cccc2ccccc12. The molecule has 1 unspecified atom stereocenters. The minimum atomic E-state index is -3.86. The lowest BCUT2D eigenvalue weighted by atomic mass is 10.1. The highest BCUT2D eigenvalue weighted by molar-refractivity contribution is 7.87. The molecule has 1 aliphatic carbocycles. The second-order valence-electron chi connectivity index (χ2n) is 5.44. The van der Waals surface area contributed by atoms with E-state index in [-0.39, 0.29) is 4.90 Å². The molecule has 0 aliphatic heterocycles. The normalized spacial score (nSPS) is 16.6. The van der Waals surface area contributed by atoms with Crippen molar-refractivity contribution in [1.29, 1.82) is 0 Å². The molecule has 1 aliphatic rings. The van der Waals surface area contributed by atoms with Gasteiger partial charge in [0.05, 0.1) is 0 Å². The minimum Gasteiger partial charge on any atom is -0.254 e. The van der Waals surface area contributed by atoms with Gasteiger partial charge < -0.3 is 0 Å². The predicted molar refractivity (Wildman–Crippen MR) is 90.4 cm³/mol. The van der Waals surface area contributed by atoms with Gasteiger partial charge in [-0.15, -0.1) is 0 Å². The third-order valence-corrected chi connectivity index (χ3v) is 5.36. The van der Waals surface area contributed by atoms with Crippen LogP contribution < -0.4 is 0 Å². The summed E-state index contributed by atoms with van der Waals surface area (Å²) in [6.07, 6.45) is 3.08. The first-order valence-electron chi connectivity index (χ1n) is 7.33. The first-order valence-corrected chi connectivity index (χ1v) is 8.74. The van der Waals surface area contributed by atoms with Crippen LogP contribution in [-0.4, -0.2) is 8.42 Å². The number of fused-ring (bicyclic) bond motifs is 2. The van der Waals surface area contributed by atoms with Gasteiger partial charge in [-0.25, -0.2) is 0 Å². The van der Waals surface area contributed by atoms with Crippen LogP contribution in [0.25, 0.3) is 16.8 Å². The van der Waals surface area contributed by atoms with Crippen molar-refractivity contribution in [3.05, 3.63) is 83.9 Å². The summed E-state index contributed by atoms with van der Waals surface area (Å²) in [6.45, 7) is 0. The van der Waals surface area contributed by atoms with Gasteiger partial charge in [-0.2, -0.15) is 8.42 Å². The van der Waals surface area contributed by atoms with Crippen LogP contribution in [0, 0.1) is 0 Å². The van der Waals surface area contributed by atoms with E-state index in [2.05, 4.69) is 0 Å². The lowest BCUT2D eigenvalue weighted by Crippen LogP contribution is -2.10. The van der Waals surface area contributed by atoms with Crippen LogP contribution in [0.15, 0.2) is 77.7 Å². The second-order valence-corrected chi connectivity index (χ2v) is 6.98. The maximum atomic E-state index is 12.8. The highest BCUT2D eigenvalue weighted by Crippen LogP contribution is 2.34. The van der Waals surface area contributed by atoms with Gasteiger partial charge in [-0.3, -0.25) is 4.18 Å². The summed E-state index contributed by atoms with van der Waals surface area (Å²) in [6, 6.07) is 20.2. The Labute approximate surface area is 135 Å². The largest absolute Gasteiger partial charge is 0.298 e. The van der Waals surface area contributed by atoms with Crippen molar-refractivity contribution < 1.29 is 12.6 Å². The van der Waals surface area contributed by atoms with E-state index in [0.29, 0.717) is 5.39 Å². The molecule has 0 aromatic heterocycles. The van der Waals surface area contributed by atoms with Crippen LogP contribution in [0.5, 0.6) is 0 Å². The molecule has 0 bridgehead atoms. The van der Waals surface area contributed by atoms with Crippen LogP contribution in [0.4, 0.5) is 0 Å². The first kappa shape index (κ1) is 14.2. The third-order valence-electron chi connectivity index (χ3n) is 4.00. The van der Waals surface area contributed by atoms with Crippen LogP contribution >= 0.6 is 0 Å². The van der Waals surface area contributed by atoms with E-state index < -0.39 is 16.2 Å². The average molecular weight is 322 g/mol. The Morgan fingerprint density at radius 3 is 2.48 bits per heavy atom. The fraction of sp³-hybridized carbons (Fsp3) is 0.0526. The van der Waals surface area contributed by atoms with Gasteiger partial charge in [-0.05, 0) is 28.7 Å². The van der Waals surface area contributed by atoms with E-state index in [9.17, 15) is 8.42 Å². The molecular formula is C19H14O3S. The monoisotopic (exact) mass is 322 g/mol. The van der Waals surface area contributed by atoms with E-state index in [0.717, 1.165) is 16.5 Å². The van der Waals surface area contributed by atoms with Crippen LogP contribution in [-0.2, 0) is 14.3 Å². The van der Waals surface area contributed by atoms with Crippen molar-refractivity contribution in [1.82, 2.24) is 0 Å². The molecule has 114 valence electrons. The molecule has 0 fully saturated rings. The van der Waals surface area contributed by atoms with Crippen molar-refractivity contribution in [2.75, 3.05) is 0 Å². The Balaban J connectivity index is 1.76. The summed E-state index contributed by atoms with van der Waals surface area (Å²) in [5, 5.41) is 1.55. The van der Waals surface area contributed by atoms with Gasteiger partial charge in [0.1, 0.15) is 11.0 Å². The smallest absolute Gasteiger partial charge is 0.254 e. The number of rotatable bonds is 3. The molecule has 4 heteroatoms. The Hall–Kier alpha value is -2.43. The van der Waals surface area contributed by atoms with Crippen LogP contribution in [0.1, 0.15) is 17.2 Å². The summed E-state index contributed by atoms with van der Waals surface area (Å²) in [5.41, 5.74) is 1.86.